The number of hydrogen-bond acceptors (Lipinski definition) is 6. The largest absolute Gasteiger partial charge is 0.492 e. The minimum absolute atomic E-state index is 0.103. The summed E-state index contributed by atoms with van der Waals surface area (Å²) >= 11 is 0. The summed E-state index contributed by atoms with van der Waals surface area (Å²) in [6, 6.07) is 19.9. The van der Waals surface area contributed by atoms with Crippen molar-refractivity contribution in [1.29, 1.82) is 0 Å². The van der Waals surface area contributed by atoms with Gasteiger partial charge in [-0.25, -0.2) is 8.42 Å². The lowest BCUT2D eigenvalue weighted by molar-refractivity contribution is 0.0947. The molecule has 0 unspecified atom stereocenters. The lowest BCUT2D eigenvalue weighted by Crippen LogP contribution is -2.28. The zero-order valence-electron chi connectivity index (χ0n) is 17.4. The predicted octanol–water partition coefficient (Wildman–Crippen LogP) is 3.05. The van der Waals surface area contributed by atoms with E-state index >= 15 is 0 Å². The number of ether oxygens (including phenoxy) is 3. The fraction of sp³-hybridized carbons (Fsp3) is 0.174. The van der Waals surface area contributed by atoms with Crippen molar-refractivity contribution >= 4 is 21.6 Å². The SMILES string of the molecule is CN(c1ccccc1)S(=O)(=O)c1ccc(C(=O)NCCOc2ccc3c(c2)OCO3)cc1. The Kier molecular flexibility index (Phi) is 6.18. The molecule has 32 heavy (non-hydrogen) atoms. The number of nitrogens with one attached hydrogen (secondary N) is 1. The summed E-state index contributed by atoms with van der Waals surface area (Å²) in [5.74, 6) is 1.59. The van der Waals surface area contributed by atoms with E-state index < -0.39 is 10.0 Å². The van der Waals surface area contributed by atoms with Crippen LogP contribution in [0.5, 0.6) is 17.2 Å². The molecule has 0 atom stereocenters. The predicted molar refractivity (Wildman–Crippen MR) is 119 cm³/mol. The Morgan fingerprint density at radius 3 is 2.47 bits per heavy atom. The highest BCUT2D eigenvalue weighted by Gasteiger charge is 2.21. The van der Waals surface area contributed by atoms with Gasteiger partial charge in [0, 0.05) is 18.7 Å². The fourth-order valence-corrected chi connectivity index (χ4v) is 4.31. The Hall–Kier alpha value is -3.72. The second-order valence-corrected chi connectivity index (χ2v) is 8.92. The van der Waals surface area contributed by atoms with Gasteiger partial charge in [-0.2, -0.15) is 0 Å². The quantitative estimate of drug-likeness (QED) is 0.526. The van der Waals surface area contributed by atoms with Gasteiger partial charge in [-0.15, -0.1) is 0 Å². The standard InChI is InChI=1S/C23H22N2O6S/c1-25(18-5-3-2-4-6-18)32(27,28)20-10-7-17(8-11-20)23(26)24-13-14-29-19-9-12-21-22(15-19)31-16-30-21/h2-12,15H,13-14,16H2,1H3,(H,24,26). The van der Waals surface area contributed by atoms with Crippen molar-refractivity contribution < 1.29 is 27.4 Å². The van der Waals surface area contributed by atoms with Crippen LogP contribution in [0.2, 0.25) is 0 Å². The summed E-state index contributed by atoms with van der Waals surface area (Å²) < 4.78 is 43.0. The number of sulfonamides is 1. The van der Waals surface area contributed by atoms with Gasteiger partial charge in [0.1, 0.15) is 12.4 Å². The minimum atomic E-state index is -3.73. The van der Waals surface area contributed by atoms with Crippen molar-refractivity contribution in [3.8, 4) is 17.2 Å². The lowest BCUT2D eigenvalue weighted by Gasteiger charge is -2.19. The van der Waals surface area contributed by atoms with Gasteiger partial charge in [-0.3, -0.25) is 9.10 Å². The van der Waals surface area contributed by atoms with Gasteiger partial charge < -0.3 is 19.5 Å². The summed E-state index contributed by atoms with van der Waals surface area (Å²) in [7, 11) is -2.24. The van der Waals surface area contributed by atoms with E-state index in [0.717, 1.165) is 0 Å². The highest BCUT2D eigenvalue weighted by atomic mass is 32.2. The molecule has 4 rings (SSSR count). The fourth-order valence-electron chi connectivity index (χ4n) is 3.12. The third-order valence-corrected chi connectivity index (χ3v) is 6.69. The number of amides is 1. The molecular weight excluding hydrogens is 432 g/mol. The van der Waals surface area contributed by atoms with Crippen LogP contribution < -0.4 is 23.8 Å². The topological polar surface area (TPSA) is 94.2 Å². The van der Waals surface area contributed by atoms with Crippen LogP contribution in [0.15, 0.2) is 77.7 Å². The van der Waals surface area contributed by atoms with Gasteiger partial charge in [0.05, 0.1) is 17.1 Å². The zero-order valence-corrected chi connectivity index (χ0v) is 18.2. The average Bonchev–Trinajstić information content (AvgIpc) is 3.30. The summed E-state index contributed by atoms with van der Waals surface area (Å²) in [6.07, 6.45) is 0. The van der Waals surface area contributed by atoms with Crippen molar-refractivity contribution in [2.24, 2.45) is 0 Å². The Labute approximate surface area is 186 Å². The normalized spacial score (nSPS) is 12.3. The van der Waals surface area contributed by atoms with Crippen LogP contribution in [0.25, 0.3) is 0 Å². The van der Waals surface area contributed by atoms with Crippen LogP contribution in [-0.4, -0.2) is 41.3 Å². The molecule has 9 heteroatoms. The summed E-state index contributed by atoms with van der Waals surface area (Å²) in [5, 5.41) is 2.75. The first-order valence-corrected chi connectivity index (χ1v) is 11.3. The van der Waals surface area contributed by atoms with Gasteiger partial charge in [0.2, 0.25) is 6.79 Å². The number of para-hydroxylation sites is 1. The molecule has 0 aliphatic carbocycles. The Morgan fingerprint density at radius 1 is 1.00 bits per heavy atom. The van der Waals surface area contributed by atoms with Gasteiger partial charge in [0.25, 0.3) is 15.9 Å². The minimum Gasteiger partial charge on any atom is -0.492 e. The maximum absolute atomic E-state index is 12.8. The van der Waals surface area contributed by atoms with E-state index in [9.17, 15) is 13.2 Å². The van der Waals surface area contributed by atoms with E-state index in [-0.39, 0.29) is 30.7 Å². The van der Waals surface area contributed by atoms with E-state index in [4.69, 9.17) is 14.2 Å². The van der Waals surface area contributed by atoms with Crippen LogP contribution in [-0.2, 0) is 10.0 Å². The summed E-state index contributed by atoms with van der Waals surface area (Å²) in [6.45, 7) is 0.737. The third-order valence-electron chi connectivity index (χ3n) is 4.90. The van der Waals surface area contributed by atoms with Crippen molar-refractivity contribution in [2.45, 2.75) is 4.90 Å². The summed E-state index contributed by atoms with van der Waals surface area (Å²) in [5.41, 5.74) is 0.908. The maximum atomic E-state index is 12.8. The molecule has 1 amide bonds. The number of anilines is 1. The molecule has 0 saturated carbocycles. The molecule has 1 N–H and O–H groups in total. The smallest absolute Gasteiger partial charge is 0.264 e. The molecule has 166 valence electrons. The Balaban J connectivity index is 1.31. The highest BCUT2D eigenvalue weighted by Crippen LogP contribution is 2.35. The molecule has 3 aromatic carbocycles. The van der Waals surface area contributed by atoms with Crippen molar-refractivity contribution in [2.75, 3.05) is 31.3 Å². The molecular formula is C23H22N2O6S. The number of hydrogen-bond donors (Lipinski definition) is 1. The number of fused-ring (bicyclic) bond motifs is 1. The van der Waals surface area contributed by atoms with E-state index in [0.29, 0.717) is 28.5 Å². The molecule has 0 saturated heterocycles. The second kappa shape index (κ2) is 9.19. The van der Waals surface area contributed by atoms with E-state index in [1.54, 1.807) is 42.5 Å². The Bertz CT molecular complexity index is 1200. The number of nitrogens with zero attached hydrogens (tertiary/aromatic N) is 1. The van der Waals surface area contributed by atoms with Crippen molar-refractivity contribution in [3.63, 3.8) is 0 Å². The van der Waals surface area contributed by atoms with Crippen LogP contribution in [0.4, 0.5) is 5.69 Å². The molecule has 0 spiro atoms. The van der Waals surface area contributed by atoms with Gasteiger partial charge in [-0.05, 0) is 48.5 Å². The first kappa shape index (κ1) is 21.5. The molecule has 0 bridgehead atoms. The number of carbonyl (C=O) groups is 1. The van der Waals surface area contributed by atoms with Crippen molar-refractivity contribution in [1.82, 2.24) is 5.32 Å². The van der Waals surface area contributed by atoms with Gasteiger partial charge in [-0.1, -0.05) is 18.2 Å². The number of rotatable bonds is 8. The third kappa shape index (κ3) is 4.62. The van der Waals surface area contributed by atoms with E-state index in [1.807, 2.05) is 6.07 Å². The molecule has 3 aromatic rings. The Morgan fingerprint density at radius 2 is 1.72 bits per heavy atom. The van der Waals surface area contributed by atoms with Crippen LogP contribution in [0.3, 0.4) is 0 Å². The first-order chi connectivity index (χ1) is 15.4. The van der Waals surface area contributed by atoms with E-state index in [2.05, 4.69) is 5.32 Å². The molecule has 1 aliphatic heterocycles. The van der Waals surface area contributed by atoms with Crippen molar-refractivity contribution in [3.05, 3.63) is 78.4 Å². The van der Waals surface area contributed by atoms with E-state index in [1.165, 1.54) is 35.6 Å². The molecule has 0 radical (unpaired) electrons. The molecule has 8 nitrogen and oxygen atoms in total. The summed E-state index contributed by atoms with van der Waals surface area (Å²) in [4.78, 5) is 12.5. The zero-order chi connectivity index (χ0) is 22.6. The highest BCUT2D eigenvalue weighted by molar-refractivity contribution is 7.92. The second-order valence-electron chi connectivity index (χ2n) is 6.95. The maximum Gasteiger partial charge on any atom is 0.264 e. The lowest BCUT2D eigenvalue weighted by atomic mass is 10.2. The number of carbonyl (C=O) groups excluding carboxylic acids is 1. The van der Waals surface area contributed by atoms with Gasteiger partial charge in [0.15, 0.2) is 11.5 Å². The van der Waals surface area contributed by atoms with Crippen LogP contribution in [0, 0.1) is 0 Å². The monoisotopic (exact) mass is 454 g/mol. The molecule has 1 heterocycles. The van der Waals surface area contributed by atoms with Crippen LogP contribution >= 0.6 is 0 Å². The molecule has 1 aliphatic rings. The average molecular weight is 455 g/mol. The first-order valence-electron chi connectivity index (χ1n) is 9.90. The van der Waals surface area contributed by atoms with Crippen LogP contribution in [0.1, 0.15) is 10.4 Å². The molecule has 0 fully saturated rings. The van der Waals surface area contributed by atoms with Gasteiger partial charge >= 0.3 is 0 Å². The number of benzene rings is 3. The molecule has 0 aromatic heterocycles.